The summed E-state index contributed by atoms with van der Waals surface area (Å²) < 4.78 is 5.76. The number of benzene rings is 2. The molecule has 4 rings (SSSR count). The fraction of sp³-hybridized carbons (Fsp3) is 0.444. The van der Waals surface area contributed by atoms with Gasteiger partial charge in [0.1, 0.15) is 0 Å². The van der Waals surface area contributed by atoms with Gasteiger partial charge in [0, 0.05) is 5.92 Å². The number of esters is 1. The van der Waals surface area contributed by atoms with Gasteiger partial charge in [-0.2, -0.15) is 0 Å². The molecule has 0 bridgehead atoms. The predicted octanol–water partition coefficient (Wildman–Crippen LogP) is 7.38. The summed E-state index contributed by atoms with van der Waals surface area (Å²) in [6.07, 6.45) is 8.22. The van der Waals surface area contributed by atoms with Gasteiger partial charge in [0.2, 0.25) is 0 Å². The topological polar surface area (TPSA) is 26.3 Å². The van der Waals surface area contributed by atoms with Crippen LogP contribution in [0.25, 0.3) is 12.2 Å². The molecule has 4 heteroatoms. The van der Waals surface area contributed by atoms with Crippen molar-refractivity contribution < 1.29 is 9.53 Å². The first-order valence-corrected chi connectivity index (χ1v) is 13.4. The molecule has 1 atom stereocenters. The smallest absolute Gasteiger partial charge is 0.338 e. The maximum Gasteiger partial charge on any atom is 0.338 e. The summed E-state index contributed by atoms with van der Waals surface area (Å²) in [6, 6.07) is 14.7. The van der Waals surface area contributed by atoms with E-state index >= 15 is 0 Å². The van der Waals surface area contributed by atoms with Crippen LogP contribution in [0.5, 0.6) is 0 Å². The summed E-state index contributed by atoms with van der Waals surface area (Å²) in [6.45, 7) is 7.01. The predicted molar refractivity (Wildman–Crippen MR) is 136 cm³/mol. The lowest BCUT2D eigenvalue weighted by molar-refractivity contribution is 0.0526. The van der Waals surface area contributed by atoms with Gasteiger partial charge in [-0.15, -0.1) is 23.5 Å². The SMILES string of the molecule is CCOC(=O)c1ccc(/C=C/c2ccc3c(c2)C(C2SCCCS2)CCC3(C)C)cc1. The zero-order chi connectivity index (χ0) is 21.8. The normalized spacial score (nSPS) is 21.1. The Hall–Kier alpha value is -1.65. The maximum absolute atomic E-state index is 11.8. The zero-order valence-corrected chi connectivity index (χ0v) is 20.4. The minimum Gasteiger partial charge on any atom is -0.462 e. The van der Waals surface area contributed by atoms with E-state index in [-0.39, 0.29) is 11.4 Å². The van der Waals surface area contributed by atoms with Gasteiger partial charge in [-0.05, 0) is 77.5 Å². The van der Waals surface area contributed by atoms with Crippen molar-refractivity contribution in [2.75, 3.05) is 18.1 Å². The van der Waals surface area contributed by atoms with E-state index in [2.05, 4.69) is 67.7 Å². The summed E-state index contributed by atoms with van der Waals surface area (Å²) in [5.74, 6) is 2.98. The van der Waals surface area contributed by atoms with Crippen molar-refractivity contribution in [1.29, 1.82) is 0 Å². The van der Waals surface area contributed by atoms with Gasteiger partial charge in [0.05, 0.1) is 16.8 Å². The number of carbonyl (C=O) groups excluding carboxylic acids is 1. The summed E-state index contributed by atoms with van der Waals surface area (Å²) in [5, 5.41) is 0. The average Bonchev–Trinajstić information content (AvgIpc) is 2.79. The van der Waals surface area contributed by atoms with E-state index in [1.54, 1.807) is 5.56 Å². The Morgan fingerprint density at radius 2 is 1.74 bits per heavy atom. The molecule has 0 radical (unpaired) electrons. The van der Waals surface area contributed by atoms with Gasteiger partial charge in [-0.25, -0.2) is 4.79 Å². The summed E-state index contributed by atoms with van der Waals surface area (Å²) in [5.41, 5.74) is 6.28. The number of fused-ring (bicyclic) bond motifs is 1. The van der Waals surface area contributed by atoms with Crippen LogP contribution in [0.2, 0.25) is 0 Å². The lowest BCUT2D eigenvalue weighted by atomic mass is 9.69. The van der Waals surface area contributed by atoms with Crippen molar-refractivity contribution in [2.24, 2.45) is 0 Å². The molecule has 2 nitrogen and oxygen atoms in total. The van der Waals surface area contributed by atoms with Gasteiger partial charge in [0.25, 0.3) is 0 Å². The highest BCUT2D eigenvalue weighted by atomic mass is 32.2. The lowest BCUT2D eigenvalue weighted by Gasteiger charge is -2.41. The Labute approximate surface area is 195 Å². The molecule has 2 aliphatic rings. The van der Waals surface area contributed by atoms with E-state index in [1.807, 2.05) is 31.2 Å². The summed E-state index contributed by atoms with van der Waals surface area (Å²) >= 11 is 4.33. The molecule has 0 aromatic heterocycles. The van der Waals surface area contributed by atoms with E-state index in [0.717, 1.165) is 5.56 Å². The van der Waals surface area contributed by atoms with Gasteiger partial charge in [0.15, 0.2) is 0 Å². The van der Waals surface area contributed by atoms with Crippen molar-refractivity contribution in [2.45, 2.75) is 55.9 Å². The lowest BCUT2D eigenvalue weighted by Crippen LogP contribution is -2.30. The van der Waals surface area contributed by atoms with Crippen LogP contribution in [0, 0.1) is 0 Å². The Balaban J connectivity index is 1.56. The first-order chi connectivity index (χ1) is 15.0. The highest BCUT2D eigenvalue weighted by Gasteiger charge is 2.37. The van der Waals surface area contributed by atoms with E-state index in [4.69, 9.17) is 4.74 Å². The van der Waals surface area contributed by atoms with Crippen LogP contribution in [0.15, 0.2) is 42.5 Å². The fourth-order valence-corrected chi connectivity index (χ4v) is 7.83. The van der Waals surface area contributed by atoms with Gasteiger partial charge >= 0.3 is 5.97 Å². The standard InChI is InChI=1S/C27H32O2S2/c1-4-29-25(28)21-11-8-19(9-12-21)6-7-20-10-13-24-23(18-20)22(14-15-27(24,2)3)26-30-16-5-17-31-26/h6-13,18,22,26H,4-5,14-17H2,1-3H3/b7-6+. The molecule has 0 spiro atoms. The van der Waals surface area contributed by atoms with Gasteiger partial charge in [-0.1, -0.05) is 56.3 Å². The van der Waals surface area contributed by atoms with Crippen LogP contribution in [-0.4, -0.2) is 28.7 Å². The molecule has 1 saturated heterocycles. The number of rotatable bonds is 5. The summed E-state index contributed by atoms with van der Waals surface area (Å²) in [4.78, 5) is 11.8. The number of carbonyl (C=O) groups is 1. The molecule has 31 heavy (non-hydrogen) atoms. The maximum atomic E-state index is 11.8. The number of ether oxygens (including phenoxy) is 1. The summed E-state index contributed by atoms with van der Waals surface area (Å²) in [7, 11) is 0. The molecule has 0 N–H and O–H groups in total. The van der Waals surface area contributed by atoms with Crippen LogP contribution in [-0.2, 0) is 10.2 Å². The molecule has 1 aliphatic heterocycles. The zero-order valence-electron chi connectivity index (χ0n) is 18.7. The molecule has 1 fully saturated rings. The van der Waals surface area contributed by atoms with Crippen LogP contribution >= 0.6 is 23.5 Å². The second kappa shape index (κ2) is 9.87. The Bertz CT molecular complexity index is 940. The Morgan fingerprint density at radius 3 is 2.45 bits per heavy atom. The van der Waals surface area contributed by atoms with Crippen molar-refractivity contribution in [1.82, 2.24) is 0 Å². The van der Waals surface area contributed by atoms with Crippen LogP contribution in [0.4, 0.5) is 0 Å². The van der Waals surface area contributed by atoms with Crippen molar-refractivity contribution in [3.63, 3.8) is 0 Å². The minimum absolute atomic E-state index is 0.251. The molecule has 164 valence electrons. The molecular weight excluding hydrogens is 420 g/mol. The highest BCUT2D eigenvalue weighted by molar-refractivity contribution is 8.17. The third kappa shape index (κ3) is 5.23. The van der Waals surface area contributed by atoms with Crippen LogP contribution < -0.4 is 0 Å². The molecule has 1 heterocycles. The molecule has 0 amide bonds. The third-order valence-corrected chi connectivity index (χ3v) is 9.54. The van der Waals surface area contributed by atoms with Crippen LogP contribution in [0.3, 0.4) is 0 Å². The first kappa shape index (κ1) is 22.5. The largest absolute Gasteiger partial charge is 0.462 e. The molecule has 2 aromatic carbocycles. The Morgan fingerprint density at radius 1 is 1.06 bits per heavy atom. The molecule has 0 saturated carbocycles. The van der Waals surface area contributed by atoms with Gasteiger partial charge < -0.3 is 4.74 Å². The molecule has 1 unspecified atom stereocenters. The number of hydrogen-bond acceptors (Lipinski definition) is 4. The van der Waals surface area contributed by atoms with E-state index in [1.165, 1.54) is 41.9 Å². The number of hydrogen-bond donors (Lipinski definition) is 0. The first-order valence-electron chi connectivity index (χ1n) is 11.3. The minimum atomic E-state index is -0.264. The van der Waals surface area contributed by atoms with E-state index < -0.39 is 0 Å². The van der Waals surface area contributed by atoms with E-state index in [9.17, 15) is 4.79 Å². The molecular formula is C27H32O2S2. The average molecular weight is 453 g/mol. The second-order valence-corrected chi connectivity index (χ2v) is 11.8. The quantitative estimate of drug-likeness (QED) is 0.349. The van der Waals surface area contributed by atoms with Gasteiger partial charge in [-0.3, -0.25) is 0 Å². The molecule has 1 aliphatic carbocycles. The van der Waals surface area contributed by atoms with E-state index in [0.29, 0.717) is 22.7 Å². The third-order valence-electron chi connectivity index (χ3n) is 6.36. The molecule has 2 aromatic rings. The fourth-order valence-electron chi connectivity index (χ4n) is 4.57. The Kier molecular flexibility index (Phi) is 7.18. The monoisotopic (exact) mass is 452 g/mol. The number of thioether (sulfide) groups is 2. The second-order valence-electron chi connectivity index (χ2n) is 9.02. The van der Waals surface area contributed by atoms with Crippen LogP contribution in [0.1, 0.15) is 78.6 Å². The highest BCUT2D eigenvalue weighted by Crippen LogP contribution is 2.50. The van der Waals surface area contributed by atoms with Crippen molar-refractivity contribution in [3.05, 3.63) is 70.3 Å². The van der Waals surface area contributed by atoms with Crippen molar-refractivity contribution >= 4 is 41.6 Å². The van der Waals surface area contributed by atoms with Crippen molar-refractivity contribution in [3.8, 4) is 0 Å².